The molecule has 0 bridgehead atoms. The van der Waals surface area contributed by atoms with Crippen molar-refractivity contribution in [3.8, 4) is 0 Å². The van der Waals surface area contributed by atoms with Crippen LogP contribution in [0.1, 0.15) is 22.8 Å². The third-order valence-corrected chi connectivity index (χ3v) is 4.32. The number of fused-ring (bicyclic) bond motifs is 1. The zero-order chi connectivity index (χ0) is 16.9. The van der Waals surface area contributed by atoms with Crippen molar-refractivity contribution in [1.82, 2.24) is 10.3 Å². The maximum atomic E-state index is 12.3. The van der Waals surface area contributed by atoms with E-state index in [0.29, 0.717) is 16.5 Å². The van der Waals surface area contributed by atoms with Crippen LogP contribution in [0.2, 0.25) is 0 Å². The number of oxazole rings is 1. The molecule has 1 atom stereocenters. The fourth-order valence-electron chi connectivity index (χ4n) is 2.26. The van der Waals surface area contributed by atoms with Crippen LogP contribution in [0.3, 0.4) is 0 Å². The molecule has 1 unspecified atom stereocenters. The SMILES string of the molecule is CC(O)CNC(=O)c1ccccc1CSc1nc2ccccc2o1. The van der Waals surface area contributed by atoms with Crippen molar-refractivity contribution >= 4 is 28.8 Å². The van der Waals surface area contributed by atoms with Gasteiger partial charge in [0.15, 0.2) is 5.58 Å². The number of amides is 1. The van der Waals surface area contributed by atoms with Gasteiger partial charge in [0.05, 0.1) is 6.10 Å². The Bertz CT molecular complexity index is 812. The molecule has 0 saturated heterocycles. The largest absolute Gasteiger partial charge is 0.431 e. The lowest BCUT2D eigenvalue weighted by atomic mass is 10.1. The van der Waals surface area contributed by atoms with Crippen LogP contribution in [0.4, 0.5) is 0 Å². The molecule has 124 valence electrons. The van der Waals surface area contributed by atoms with Gasteiger partial charge in [-0.1, -0.05) is 42.1 Å². The van der Waals surface area contributed by atoms with E-state index in [2.05, 4.69) is 10.3 Å². The molecule has 6 heteroatoms. The number of carbonyl (C=O) groups excluding carboxylic acids is 1. The molecule has 0 aliphatic carbocycles. The Hall–Kier alpha value is -2.31. The number of rotatable bonds is 6. The predicted octanol–water partition coefficient (Wildman–Crippen LogP) is 3.23. The van der Waals surface area contributed by atoms with Crippen LogP contribution in [-0.2, 0) is 5.75 Å². The summed E-state index contributed by atoms with van der Waals surface area (Å²) < 4.78 is 5.69. The zero-order valence-electron chi connectivity index (χ0n) is 13.2. The average molecular weight is 342 g/mol. The summed E-state index contributed by atoms with van der Waals surface area (Å²) in [5.74, 6) is 0.384. The first-order valence-electron chi connectivity index (χ1n) is 7.66. The van der Waals surface area contributed by atoms with Crippen molar-refractivity contribution in [2.45, 2.75) is 24.0 Å². The average Bonchev–Trinajstić information content (AvgIpc) is 3.01. The molecule has 24 heavy (non-hydrogen) atoms. The number of aliphatic hydroxyl groups is 1. The number of benzene rings is 2. The van der Waals surface area contributed by atoms with E-state index in [1.165, 1.54) is 11.8 Å². The Morgan fingerprint density at radius 3 is 2.79 bits per heavy atom. The van der Waals surface area contributed by atoms with Crippen LogP contribution in [0.5, 0.6) is 0 Å². The van der Waals surface area contributed by atoms with Crippen molar-refractivity contribution in [2.75, 3.05) is 6.54 Å². The van der Waals surface area contributed by atoms with Crippen LogP contribution in [-0.4, -0.2) is 28.6 Å². The number of hydrogen-bond acceptors (Lipinski definition) is 5. The molecule has 3 rings (SSSR count). The molecule has 1 aromatic heterocycles. The lowest BCUT2D eigenvalue weighted by molar-refractivity contribution is 0.0923. The second kappa shape index (κ2) is 7.51. The normalized spacial score (nSPS) is 12.2. The summed E-state index contributed by atoms with van der Waals surface area (Å²) in [6.07, 6.45) is -0.574. The molecule has 2 N–H and O–H groups in total. The molecule has 5 nitrogen and oxygen atoms in total. The van der Waals surface area contributed by atoms with Gasteiger partial charge in [-0.25, -0.2) is 4.98 Å². The highest BCUT2D eigenvalue weighted by Gasteiger charge is 2.13. The second-order valence-electron chi connectivity index (χ2n) is 5.45. The van der Waals surface area contributed by atoms with Crippen LogP contribution in [0.15, 0.2) is 58.2 Å². The molecule has 0 radical (unpaired) electrons. The summed E-state index contributed by atoms with van der Waals surface area (Å²) in [6.45, 7) is 1.86. The summed E-state index contributed by atoms with van der Waals surface area (Å²) in [7, 11) is 0. The number of aliphatic hydroxyl groups excluding tert-OH is 1. The monoisotopic (exact) mass is 342 g/mol. The number of nitrogens with one attached hydrogen (secondary N) is 1. The molecule has 3 aromatic rings. The minimum atomic E-state index is -0.574. The first kappa shape index (κ1) is 16.5. The molecule has 0 spiro atoms. The first-order chi connectivity index (χ1) is 11.6. The van der Waals surface area contributed by atoms with Gasteiger partial charge in [0, 0.05) is 17.9 Å². The predicted molar refractivity (Wildman–Crippen MR) is 94.0 cm³/mol. The Labute approximate surface area is 144 Å². The molecule has 0 fully saturated rings. The van der Waals surface area contributed by atoms with E-state index in [1.54, 1.807) is 13.0 Å². The molecule has 0 saturated carbocycles. The van der Waals surface area contributed by atoms with E-state index in [-0.39, 0.29) is 12.5 Å². The Kier molecular flexibility index (Phi) is 5.17. The van der Waals surface area contributed by atoms with E-state index < -0.39 is 6.10 Å². The van der Waals surface area contributed by atoms with Gasteiger partial charge < -0.3 is 14.8 Å². The van der Waals surface area contributed by atoms with Crippen molar-refractivity contribution in [2.24, 2.45) is 0 Å². The van der Waals surface area contributed by atoms with Gasteiger partial charge in [-0.2, -0.15) is 0 Å². The van der Waals surface area contributed by atoms with Crippen molar-refractivity contribution in [1.29, 1.82) is 0 Å². The smallest absolute Gasteiger partial charge is 0.257 e. The number of thioether (sulfide) groups is 1. The first-order valence-corrected chi connectivity index (χ1v) is 8.64. The van der Waals surface area contributed by atoms with Gasteiger partial charge in [0.2, 0.25) is 0 Å². The van der Waals surface area contributed by atoms with Crippen LogP contribution in [0, 0.1) is 0 Å². The topological polar surface area (TPSA) is 75.4 Å². The molecular formula is C18H18N2O3S. The van der Waals surface area contributed by atoms with Gasteiger partial charge in [-0.05, 0) is 30.7 Å². The minimum Gasteiger partial charge on any atom is -0.431 e. The van der Waals surface area contributed by atoms with E-state index in [4.69, 9.17) is 4.42 Å². The summed E-state index contributed by atoms with van der Waals surface area (Å²) in [6, 6.07) is 15.0. The quantitative estimate of drug-likeness (QED) is 0.673. The van der Waals surface area contributed by atoms with Gasteiger partial charge in [-0.3, -0.25) is 4.79 Å². The van der Waals surface area contributed by atoms with Gasteiger partial charge in [0.25, 0.3) is 11.1 Å². The van der Waals surface area contributed by atoms with Crippen molar-refractivity contribution in [3.05, 3.63) is 59.7 Å². The van der Waals surface area contributed by atoms with Gasteiger partial charge in [0.1, 0.15) is 5.52 Å². The van der Waals surface area contributed by atoms with Crippen LogP contribution >= 0.6 is 11.8 Å². The van der Waals surface area contributed by atoms with Gasteiger partial charge >= 0.3 is 0 Å². The third kappa shape index (κ3) is 3.96. The highest BCUT2D eigenvalue weighted by molar-refractivity contribution is 7.98. The number of hydrogen-bond donors (Lipinski definition) is 2. The number of para-hydroxylation sites is 2. The molecule has 0 aliphatic heterocycles. The van der Waals surface area contributed by atoms with E-state index >= 15 is 0 Å². The molecule has 0 aliphatic rings. The molecule has 1 heterocycles. The summed E-state index contributed by atoms with van der Waals surface area (Å²) >= 11 is 1.45. The van der Waals surface area contributed by atoms with E-state index in [0.717, 1.165) is 16.7 Å². The summed E-state index contributed by atoms with van der Waals surface area (Å²) in [5, 5.41) is 12.6. The summed E-state index contributed by atoms with van der Waals surface area (Å²) in [5.41, 5.74) is 3.07. The Balaban J connectivity index is 1.71. The van der Waals surface area contributed by atoms with Crippen LogP contribution in [0.25, 0.3) is 11.1 Å². The maximum absolute atomic E-state index is 12.3. The minimum absolute atomic E-state index is 0.190. The van der Waals surface area contributed by atoms with Gasteiger partial charge in [-0.15, -0.1) is 0 Å². The standard InChI is InChI=1S/C18H18N2O3S/c1-12(21)10-19-17(22)14-7-3-2-6-13(14)11-24-18-20-15-8-4-5-9-16(15)23-18/h2-9,12,21H,10-11H2,1H3,(H,19,22). The third-order valence-electron chi connectivity index (χ3n) is 3.45. The lowest BCUT2D eigenvalue weighted by Gasteiger charge is -2.10. The highest BCUT2D eigenvalue weighted by atomic mass is 32.2. The number of nitrogens with zero attached hydrogens (tertiary/aromatic N) is 1. The van der Waals surface area contributed by atoms with Crippen LogP contribution < -0.4 is 5.32 Å². The van der Waals surface area contributed by atoms with Crippen molar-refractivity contribution < 1.29 is 14.3 Å². The van der Waals surface area contributed by atoms with Crippen molar-refractivity contribution in [3.63, 3.8) is 0 Å². The lowest BCUT2D eigenvalue weighted by Crippen LogP contribution is -2.31. The fraction of sp³-hybridized carbons (Fsp3) is 0.222. The molecular weight excluding hydrogens is 324 g/mol. The molecule has 1 amide bonds. The van der Waals surface area contributed by atoms with E-state index in [9.17, 15) is 9.90 Å². The summed E-state index contributed by atoms with van der Waals surface area (Å²) in [4.78, 5) is 16.7. The Morgan fingerprint density at radius 2 is 2.00 bits per heavy atom. The highest BCUT2D eigenvalue weighted by Crippen LogP contribution is 2.27. The fourth-order valence-corrected chi connectivity index (χ4v) is 3.10. The van der Waals surface area contributed by atoms with E-state index in [1.807, 2.05) is 42.5 Å². The Morgan fingerprint density at radius 1 is 1.25 bits per heavy atom. The number of aromatic nitrogens is 1. The second-order valence-corrected chi connectivity index (χ2v) is 6.38. The number of carbonyl (C=O) groups is 1. The molecule has 2 aromatic carbocycles. The maximum Gasteiger partial charge on any atom is 0.257 e. The zero-order valence-corrected chi connectivity index (χ0v) is 14.0.